The van der Waals surface area contributed by atoms with Gasteiger partial charge in [0, 0.05) is 10.4 Å². The third kappa shape index (κ3) is 3.08. The summed E-state index contributed by atoms with van der Waals surface area (Å²) in [6.45, 7) is 5.95. The van der Waals surface area contributed by atoms with Crippen molar-refractivity contribution in [2.24, 2.45) is 0 Å². The molecule has 1 aromatic carbocycles. The lowest BCUT2D eigenvalue weighted by Crippen LogP contribution is -2.20. The van der Waals surface area contributed by atoms with Crippen LogP contribution in [-0.2, 0) is 5.41 Å². The van der Waals surface area contributed by atoms with E-state index in [4.69, 9.17) is 17.3 Å². The highest BCUT2D eigenvalue weighted by Crippen LogP contribution is 2.28. The standard InChI is InChI=1S/C13H15ClN4OS/c1-13(2,3)11-10(20-18-17-11)12(19)16-9-5-4-7(14)6-8(9)15/h4-6H,15H2,1-3H3,(H,16,19). The average molecular weight is 311 g/mol. The Morgan fingerprint density at radius 1 is 1.40 bits per heavy atom. The third-order valence-electron chi connectivity index (χ3n) is 2.67. The van der Waals surface area contributed by atoms with Crippen LogP contribution in [0, 0.1) is 0 Å². The molecule has 0 aliphatic carbocycles. The largest absolute Gasteiger partial charge is 0.397 e. The van der Waals surface area contributed by atoms with Crippen LogP contribution in [0.4, 0.5) is 11.4 Å². The molecule has 106 valence electrons. The molecule has 2 aromatic rings. The van der Waals surface area contributed by atoms with Gasteiger partial charge in [-0.3, -0.25) is 4.79 Å². The van der Waals surface area contributed by atoms with Crippen LogP contribution in [0.25, 0.3) is 0 Å². The second-order valence-electron chi connectivity index (χ2n) is 5.39. The van der Waals surface area contributed by atoms with Crippen molar-refractivity contribution in [1.29, 1.82) is 0 Å². The molecular formula is C13H15ClN4OS. The number of aromatic nitrogens is 2. The van der Waals surface area contributed by atoms with Gasteiger partial charge in [0.15, 0.2) is 0 Å². The molecule has 7 heteroatoms. The Morgan fingerprint density at radius 2 is 2.10 bits per heavy atom. The van der Waals surface area contributed by atoms with E-state index in [-0.39, 0.29) is 11.3 Å². The van der Waals surface area contributed by atoms with E-state index < -0.39 is 0 Å². The highest BCUT2D eigenvalue weighted by atomic mass is 35.5. The van der Waals surface area contributed by atoms with E-state index in [0.717, 1.165) is 11.5 Å². The summed E-state index contributed by atoms with van der Waals surface area (Å²) < 4.78 is 3.87. The molecule has 0 spiro atoms. The van der Waals surface area contributed by atoms with Crippen molar-refractivity contribution >= 4 is 40.4 Å². The molecule has 0 aliphatic rings. The molecule has 5 nitrogen and oxygen atoms in total. The van der Waals surface area contributed by atoms with Gasteiger partial charge < -0.3 is 11.1 Å². The fraction of sp³-hybridized carbons (Fsp3) is 0.308. The minimum absolute atomic E-state index is 0.245. The summed E-state index contributed by atoms with van der Waals surface area (Å²) in [5, 5.41) is 7.33. The summed E-state index contributed by atoms with van der Waals surface area (Å²) in [5.41, 5.74) is 7.19. The van der Waals surface area contributed by atoms with Crippen molar-refractivity contribution in [3.63, 3.8) is 0 Å². The normalized spacial score (nSPS) is 11.4. The monoisotopic (exact) mass is 310 g/mol. The summed E-state index contributed by atoms with van der Waals surface area (Å²) in [5.74, 6) is -0.265. The summed E-state index contributed by atoms with van der Waals surface area (Å²) in [7, 11) is 0. The Kier molecular flexibility index (Phi) is 3.96. The van der Waals surface area contributed by atoms with Crippen molar-refractivity contribution < 1.29 is 4.79 Å². The minimum Gasteiger partial charge on any atom is -0.397 e. The fourth-order valence-corrected chi connectivity index (χ4v) is 2.61. The van der Waals surface area contributed by atoms with Gasteiger partial charge in [0.2, 0.25) is 0 Å². The Bertz CT molecular complexity index is 648. The molecule has 2 rings (SSSR count). The van der Waals surface area contributed by atoms with E-state index in [0.29, 0.717) is 27.0 Å². The molecule has 0 bridgehead atoms. The maximum atomic E-state index is 12.3. The summed E-state index contributed by atoms with van der Waals surface area (Å²) in [6.07, 6.45) is 0. The molecule has 20 heavy (non-hydrogen) atoms. The number of halogens is 1. The predicted molar refractivity (Wildman–Crippen MR) is 82.4 cm³/mol. The van der Waals surface area contributed by atoms with E-state index in [1.165, 1.54) is 0 Å². The summed E-state index contributed by atoms with van der Waals surface area (Å²) >= 11 is 6.90. The predicted octanol–water partition coefficient (Wildman–Crippen LogP) is 3.32. The quantitative estimate of drug-likeness (QED) is 0.834. The molecule has 0 fully saturated rings. The van der Waals surface area contributed by atoms with Gasteiger partial charge in [-0.2, -0.15) is 0 Å². The van der Waals surface area contributed by atoms with Crippen LogP contribution in [-0.4, -0.2) is 15.5 Å². The first kappa shape index (κ1) is 14.7. The number of nitrogens with zero attached hydrogens (tertiary/aromatic N) is 2. The first-order valence-electron chi connectivity index (χ1n) is 5.98. The Hall–Kier alpha value is -1.66. The van der Waals surface area contributed by atoms with Gasteiger partial charge in [-0.25, -0.2) is 0 Å². The van der Waals surface area contributed by atoms with E-state index in [2.05, 4.69) is 14.9 Å². The minimum atomic E-state index is -0.265. The lowest BCUT2D eigenvalue weighted by atomic mass is 9.91. The first-order chi connectivity index (χ1) is 9.29. The molecule has 0 atom stereocenters. The molecular weight excluding hydrogens is 296 g/mol. The summed E-state index contributed by atoms with van der Waals surface area (Å²) in [6, 6.07) is 4.93. The highest BCUT2D eigenvalue weighted by molar-refractivity contribution is 7.08. The molecule has 1 heterocycles. The van der Waals surface area contributed by atoms with Gasteiger partial charge in [0.05, 0.1) is 17.1 Å². The second-order valence-corrected chi connectivity index (χ2v) is 6.58. The van der Waals surface area contributed by atoms with Crippen LogP contribution in [0.2, 0.25) is 5.02 Å². The number of carbonyl (C=O) groups excluding carboxylic acids is 1. The number of nitrogen functional groups attached to an aromatic ring is 1. The van der Waals surface area contributed by atoms with E-state index in [1.807, 2.05) is 20.8 Å². The van der Waals surface area contributed by atoms with Crippen LogP contribution in [0.15, 0.2) is 18.2 Å². The van der Waals surface area contributed by atoms with E-state index >= 15 is 0 Å². The fourth-order valence-electron chi connectivity index (χ4n) is 1.66. The van der Waals surface area contributed by atoms with Gasteiger partial charge in [0.1, 0.15) is 4.88 Å². The zero-order chi connectivity index (χ0) is 14.9. The highest BCUT2D eigenvalue weighted by Gasteiger charge is 2.26. The third-order valence-corrected chi connectivity index (χ3v) is 3.63. The molecule has 0 saturated carbocycles. The Balaban J connectivity index is 2.27. The number of rotatable bonds is 2. The van der Waals surface area contributed by atoms with Crippen molar-refractivity contribution in [1.82, 2.24) is 9.59 Å². The molecule has 0 saturated heterocycles. The average Bonchev–Trinajstić information content (AvgIpc) is 2.81. The molecule has 0 unspecified atom stereocenters. The lowest BCUT2D eigenvalue weighted by molar-refractivity contribution is 0.102. The van der Waals surface area contributed by atoms with Crippen LogP contribution >= 0.6 is 23.1 Å². The second kappa shape index (κ2) is 5.38. The first-order valence-corrected chi connectivity index (χ1v) is 7.13. The maximum absolute atomic E-state index is 12.3. The SMILES string of the molecule is CC(C)(C)c1nnsc1C(=O)Nc1ccc(Cl)cc1N. The lowest BCUT2D eigenvalue weighted by Gasteiger charge is -2.16. The Morgan fingerprint density at radius 3 is 2.70 bits per heavy atom. The topological polar surface area (TPSA) is 80.9 Å². The van der Waals surface area contributed by atoms with Crippen molar-refractivity contribution in [3.05, 3.63) is 33.8 Å². The summed E-state index contributed by atoms with van der Waals surface area (Å²) in [4.78, 5) is 12.8. The van der Waals surface area contributed by atoms with Crippen LogP contribution in [0.5, 0.6) is 0 Å². The van der Waals surface area contributed by atoms with Crippen molar-refractivity contribution in [3.8, 4) is 0 Å². The van der Waals surface area contributed by atoms with E-state index in [1.54, 1.807) is 18.2 Å². The smallest absolute Gasteiger partial charge is 0.269 e. The number of nitrogens with one attached hydrogen (secondary N) is 1. The number of hydrogen-bond acceptors (Lipinski definition) is 5. The van der Waals surface area contributed by atoms with Gasteiger partial charge in [-0.05, 0) is 29.7 Å². The molecule has 0 radical (unpaired) electrons. The molecule has 1 aromatic heterocycles. The molecule has 3 N–H and O–H groups in total. The number of amides is 1. The van der Waals surface area contributed by atoms with Crippen LogP contribution in [0.1, 0.15) is 36.1 Å². The van der Waals surface area contributed by atoms with E-state index in [9.17, 15) is 4.79 Å². The van der Waals surface area contributed by atoms with Gasteiger partial charge in [0.25, 0.3) is 5.91 Å². The number of nitrogens with two attached hydrogens (primary N) is 1. The van der Waals surface area contributed by atoms with Gasteiger partial charge in [-0.1, -0.05) is 36.9 Å². The number of carbonyl (C=O) groups is 1. The number of benzene rings is 1. The number of hydrogen-bond donors (Lipinski definition) is 2. The van der Waals surface area contributed by atoms with Gasteiger partial charge >= 0.3 is 0 Å². The zero-order valence-electron chi connectivity index (χ0n) is 11.4. The van der Waals surface area contributed by atoms with Crippen LogP contribution < -0.4 is 11.1 Å². The molecule has 1 amide bonds. The van der Waals surface area contributed by atoms with Crippen LogP contribution in [0.3, 0.4) is 0 Å². The van der Waals surface area contributed by atoms with Gasteiger partial charge in [-0.15, -0.1) is 5.10 Å². The van der Waals surface area contributed by atoms with Crippen molar-refractivity contribution in [2.75, 3.05) is 11.1 Å². The molecule has 0 aliphatic heterocycles. The number of anilines is 2. The van der Waals surface area contributed by atoms with Crippen molar-refractivity contribution in [2.45, 2.75) is 26.2 Å². The Labute approximate surface area is 126 Å². The maximum Gasteiger partial charge on any atom is 0.269 e. The zero-order valence-corrected chi connectivity index (χ0v) is 13.0.